The molecule has 4 aromatic carbocycles. The summed E-state index contributed by atoms with van der Waals surface area (Å²) >= 11 is 3.33. The van der Waals surface area contributed by atoms with Gasteiger partial charge in [0.25, 0.3) is 0 Å². The number of alkyl carbamates (subject to hydrolysis) is 1. The summed E-state index contributed by atoms with van der Waals surface area (Å²) in [4.78, 5) is 39.8. The first kappa shape index (κ1) is 29.0. The molecule has 3 N–H and O–H groups in total. The molecule has 2 amide bonds. The second-order valence-electron chi connectivity index (χ2n) is 10.2. The molecule has 0 fully saturated rings. The van der Waals surface area contributed by atoms with Gasteiger partial charge in [0.1, 0.15) is 12.6 Å². The van der Waals surface area contributed by atoms with E-state index in [4.69, 9.17) is 4.74 Å². The van der Waals surface area contributed by atoms with Gasteiger partial charge >= 0.3 is 12.1 Å². The van der Waals surface area contributed by atoms with E-state index >= 15 is 0 Å². The Morgan fingerprint density at radius 1 is 0.905 bits per heavy atom. The van der Waals surface area contributed by atoms with Crippen LogP contribution in [0.1, 0.15) is 33.0 Å². The molecule has 0 aromatic heterocycles. The first-order valence-electron chi connectivity index (χ1n) is 13.5. The van der Waals surface area contributed by atoms with Crippen LogP contribution in [0.25, 0.3) is 11.1 Å². The second-order valence-corrected chi connectivity index (χ2v) is 11.0. The van der Waals surface area contributed by atoms with Crippen molar-refractivity contribution in [3.8, 4) is 11.1 Å². The van der Waals surface area contributed by atoms with E-state index in [-0.39, 0.29) is 24.6 Å². The number of carbonyl (C=O) groups is 3. The molecule has 0 saturated carbocycles. The second kappa shape index (κ2) is 13.0. The quantitative estimate of drug-likeness (QED) is 0.195. The highest BCUT2D eigenvalue weighted by molar-refractivity contribution is 9.10. The van der Waals surface area contributed by atoms with E-state index in [0.29, 0.717) is 16.7 Å². The van der Waals surface area contributed by atoms with Gasteiger partial charge in [0.2, 0.25) is 5.91 Å². The van der Waals surface area contributed by atoms with Crippen LogP contribution in [0.15, 0.2) is 102 Å². The zero-order chi connectivity index (χ0) is 29.6. The first-order chi connectivity index (χ1) is 20.3. The lowest BCUT2D eigenvalue weighted by atomic mass is 9.98. The van der Waals surface area contributed by atoms with Gasteiger partial charge in [-0.1, -0.05) is 78.9 Å². The molecule has 0 bridgehead atoms. The molecule has 0 heterocycles. The third-order valence-corrected chi connectivity index (χ3v) is 7.87. The van der Waals surface area contributed by atoms with Crippen molar-refractivity contribution in [1.82, 2.24) is 10.2 Å². The fourth-order valence-electron chi connectivity index (χ4n) is 5.22. The molecule has 4 aromatic rings. The van der Waals surface area contributed by atoms with Crippen LogP contribution in [0.4, 0.5) is 10.5 Å². The number of likely N-dealkylation sites (N-methyl/N-ethyl adjacent to an activating group) is 1. The SMILES string of the molecule is CN(Cc1ccccc1)CC(NC(=O)OCC1c2ccccc2-c2ccccc21)C(=O)Nc1ccc(C(=O)O)cc1Br. The van der Waals surface area contributed by atoms with Crippen LogP contribution >= 0.6 is 15.9 Å². The molecule has 1 unspecified atom stereocenters. The van der Waals surface area contributed by atoms with E-state index in [2.05, 4.69) is 38.7 Å². The van der Waals surface area contributed by atoms with E-state index in [0.717, 1.165) is 27.8 Å². The molecule has 1 aliphatic carbocycles. The van der Waals surface area contributed by atoms with Crippen molar-refractivity contribution in [2.24, 2.45) is 0 Å². The maximum Gasteiger partial charge on any atom is 0.407 e. The van der Waals surface area contributed by atoms with Crippen LogP contribution < -0.4 is 10.6 Å². The molecule has 1 atom stereocenters. The Morgan fingerprint density at radius 2 is 1.52 bits per heavy atom. The summed E-state index contributed by atoms with van der Waals surface area (Å²) in [5.74, 6) is -1.65. The molecular weight excluding hydrogens is 598 g/mol. The standard InChI is InChI=1S/C33H30BrN3O5/c1-37(18-21-9-3-2-4-10-21)19-30(31(38)35-29-16-15-22(32(39)40)17-28(29)34)36-33(41)42-20-27-25-13-7-5-11-23(25)24-12-6-8-14-26(24)27/h2-17,27,30H,18-20H2,1H3,(H,35,38)(H,36,41)(H,39,40). The number of carboxylic acids is 1. The Kier molecular flexibility index (Phi) is 9.00. The van der Waals surface area contributed by atoms with Crippen LogP contribution in [0.2, 0.25) is 0 Å². The molecule has 8 nitrogen and oxygen atoms in total. The highest BCUT2D eigenvalue weighted by Gasteiger charge is 2.30. The van der Waals surface area contributed by atoms with Crippen LogP contribution in [0.3, 0.4) is 0 Å². The molecule has 1 aliphatic rings. The van der Waals surface area contributed by atoms with E-state index in [9.17, 15) is 19.5 Å². The normalized spacial score (nSPS) is 12.7. The predicted octanol–water partition coefficient (Wildman–Crippen LogP) is 6.13. The Hall–Kier alpha value is -4.47. The van der Waals surface area contributed by atoms with E-state index in [1.165, 1.54) is 18.2 Å². The molecule has 214 valence electrons. The Balaban J connectivity index is 1.29. The zero-order valence-corrected chi connectivity index (χ0v) is 24.5. The van der Waals surface area contributed by atoms with Gasteiger partial charge in [-0.2, -0.15) is 0 Å². The number of halogens is 1. The number of hydrogen-bond donors (Lipinski definition) is 3. The van der Waals surface area contributed by atoms with Crippen molar-refractivity contribution in [2.75, 3.05) is 25.5 Å². The van der Waals surface area contributed by atoms with Gasteiger partial charge in [-0.05, 0) is 69.0 Å². The van der Waals surface area contributed by atoms with Gasteiger partial charge in [-0.15, -0.1) is 0 Å². The monoisotopic (exact) mass is 627 g/mol. The fourth-order valence-corrected chi connectivity index (χ4v) is 5.70. The fraction of sp³-hybridized carbons (Fsp3) is 0.182. The Morgan fingerprint density at radius 3 is 2.14 bits per heavy atom. The number of carbonyl (C=O) groups excluding carboxylic acids is 2. The molecule has 5 rings (SSSR count). The van der Waals surface area contributed by atoms with Gasteiger partial charge in [-0.25, -0.2) is 9.59 Å². The minimum Gasteiger partial charge on any atom is -0.478 e. The number of carboxylic acid groups (broad SMARTS) is 1. The Labute approximate surface area is 252 Å². The number of anilines is 1. The maximum atomic E-state index is 13.4. The molecule has 0 spiro atoms. The number of fused-ring (bicyclic) bond motifs is 3. The number of ether oxygens (including phenoxy) is 1. The van der Waals surface area contributed by atoms with Crippen molar-refractivity contribution in [3.63, 3.8) is 0 Å². The third-order valence-electron chi connectivity index (χ3n) is 7.22. The number of nitrogens with zero attached hydrogens (tertiary/aromatic N) is 1. The van der Waals surface area contributed by atoms with Gasteiger partial charge in [0.15, 0.2) is 0 Å². The van der Waals surface area contributed by atoms with Crippen molar-refractivity contribution in [1.29, 1.82) is 0 Å². The zero-order valence-electron chi connectivity index (χ0n) is 22.9. The van der Waals surface area contributed by atoms with Crippen LogP contribution in [0, 0.1) is 0 Å². The molecule has 42 heavy (non-hydrogen) atoms. The average molecular weight is 629 g/mol. The van der Waals surface area contributed by atoms with Crippen molar-refractivity contribution in [2.45, 2.75) is 18.5 Å². The number of rotatable bonds is 10. The summed E-state index contributed by atoms with van der Waals surface area (Å²) in [5, 5.41) is 14.8. The third kappa shape index (κ3) is 6.70. The van der Waals surface area contributed by atoms with Crippen LogP contribution in [0.5, 0.6) is 0 Å². The molecule has 0 saturated heterocycles. The summed E-state index contributed by atoms with van der Waals surface area (Å²) in [7, 11) is 1.87. The summed E-state index contributed by atoms with van der Waals surface area (Å²) in [5.41, 5.74) is 5.97. The highest BCUT2D eigenvalue weighted by Crippen LogP contribution is 2.44. The first-order valence-corrected chi connectivity index (χ1v) is 14.3. The summed E-state index contributed by atoms with van der Waals surface area (Å²) in [6.07, 6.45) is -0.703. The van der Waals surface area contributed by atoms with Gasteiger partial charge in [-0.3, -0.25) is 9.69 Å². The largest absolute Gasteiger partial charge is 0.478 e. The number of benzene rings is 4. The van der Waals surface area contributed by atoms with Gasteiger partial charge in [0.05, 0.1) is 11.3 Å². The minimum absolute atomic E-state index is 0.0794. The molecule has 9 heteroatoms. The lowest BCUT2D eigenvalue weighted by Gasteiger charge is -2.25. The van der Waals surface area contributed by atoms with Crippen molar-refractivity contribution >= 4 is 39.6 Å². The van der Waals surface area contributed by atoms with E-state index in [1.807, 2.05) is 78.7 Å². The molecule has 0 radical (unpaired) electrons. The predicted molar refractivity (Wildman–Crippen MR) is 164 cm³/mol. The number of hydrogen-bond acceptors (Lipinski definition) is 5. The van der Waals surface area contributed by atoms with Crippen molar-refractivity contribution in [3.05, 3.63) is 124 Å². The summed E-state index contributed by atoms with van der Waals surface area (Å²) < 4.78 is 6.12. The van der Waals surface area contributed by atoms with Crippen LogP contribution in [-0.4, -0.2) is 54.2 Å². The van der Waals surface area contributed by atoms with Gasteiger partial charge < -0.3 is 20.5 Å². The average Bonchev–Trinajstić information content (AvgIpc) is 3.30. The topological polar surface area (TPSA) is 108 Å². The van der Waals surface area contributed by atoms with E-state index < -0.39 is 24.0 Å². The molecular formula is C33H30BrN3O5. The lowest BCUT2D eigenvalue weighted by Crippen LogP contribution is -2.50. The lowest BCUT2D eigenvalue weighted by molar-refractivity contribution is -0.118. The van der Waals surface area contributed by atoms with E-state index in [1.54, 1.807) is 0 Å². The number of nitrogens with one attached hydrogen (secondary N) is 2. The van der Waals surface area contributed by atoms with Crippen molar-refractivity contribution < 1.29 is 24.2 Å². The molecule has 0 aliphatic heterocycles. The smallest absolute Gasteiger partial charge is 0.407 e. The van der Waals surface area contributed by atoms with Gasteiger partial charge in [0, 0.05) is 23.5 Å². The maximum absolute atomic E-state index is 13.4. The summed E-state index contributed by atoms with van der Waals surface area (Å²) in [6.45, 7) is 0.889. The number of amides is 2. The minimum atomic E-state index is -1.08. The van der Waals surface area contributed by atoms with Crippen LogP contribution in [-0.2, 0) is 16.1 Å². The number of aromatic carboxylic acids is 1. The Bertz CT molecular complexity index is 1570. The highest BCUT2D eigenvalue weighted by atomic mass is 79.9. The summed E-state index contributed by atoms with van der Waals surface area (Å²) in [6, 6.07) is 29.3.